The fraction of sp³-hybridized carbons (Fsp3) is 0.333. The summed E-state index contributed by atoms with van der Waals surface area (Å²) in [6.45, 7) is 0. The molecule has 0 aliphatic heterocycles. The largest absolute Gasteiger partial charge is 4.00 e. The van der Waals surface area contributed by atoms with Crippen LogP contribution in [0.3, 0.4) is 0 Å². The minimum absolute atomic E-state index is 0. The van der Waals surface area contributed by atoms with Crippen molar-refractivity contribution in [2.45, 2.75) is 29.6 Å². The van der Waals surface area contributed by atoms with Crippen LogP contribution in [0, 0.1) is 14.9 Å². The molecular weight excluding hydrogens is 545 g/mol. The van der Waals surface area contributed by atoms with E-state index in [2.05, 4.69) is 53.9 Å². The molecule has 0 N–H and O–H groups in total. The maximum atomic E-state index is 2.43. The molecule has 2 aromatic carbocycles. The summed E-state index contributed by atoms with van der Waals surface area (Å²) >= 11 is -2.19. The summed E-state index contributed by atoms with van der Waals surface area (Å²) in [7, 11) is 0. The Morgan fingerprint density at radius 3 is 1.29 bits per heavy atom. The fourth-order valence-electron chi connectivity index (χ4n) is 1.19. The zero-order chi connectivity index (χ0) is 14.0. The summed E-state index contributed by atoms with van der Waals surface area (Å²) in [6.07, 6.45) is 0. The Kier molecular flexibility index (Phi) is 25.1. The van der Waals surface area contributed by atoms with Crippen molar-refractivity contribution in [1.82, 2.24) is 0 Å². The molecule has 0 atom stereocenters. The quantitative estimate of drug-likeness (QED) is 0.305. The van der Waals surface area contributed by atoms with Crippen LogP contribution in [0.5, 0.6) is 0 Å². The maximum absolute atomic E-state index is 2.43. The number of rotatable bonds is 1. The van der Waals surface area contributed by atoms with E-state index in [-0.39, 0.29) is 41.1 Å². The molecule has 0 nitrogen and oxygen atoms in total. The summed E-state index contributed by atoms with van der Waals surface area (Å²) in [5.41, 5.74) is 0. The van der Waals surface area contributed by atoms with E-state index in [4.69, 9.17) is 0 Å². The summed E-state index contributed by atoms with van der Waals surface area (Å²) in [5, 5.41) is 0. The Balaban J connectivity index is -0.000000105. The van der Waals surface area contributed by atoms with E-state index in [1.807, 2.05) is 30.3 Å². The Hall–Kier alpha value is 1.18. The number of hydrogen-bond donors (Lipinski definition) is 0. The Labute approximate surface area is 165 Å². The van der Waals surface area contributed by atoms with Gasteiger partial charge in [-0.3, -0.25) is 0 Å². The molecule has 0 spiro atoms. The van der Waals surface area contributed by atoms with Gasteiger partial charge in [0.15, 0.2) is 0 Å². The second-order valence-corrected chi connectivity index (χ2v) is 28.9. The fourth-order valence-corrected chi connectivity index (χ4v) is 4.60. The van der Waals surface area contributed by atoms with Crippen LogP contribution < -0.4 is 3.58 Å². The van der Waals surface area contributed by atoms with Crippen molar-refractivity contribution in [1.29, 1.82) is 0 Å². The SMILES string of the molecule is [CH3-].[CH3-].[CH3][Sn]([CH3])([CH3])[c-]1cccc1.[CH3][Sn]([CH3])[CH3].[Zr+4].c1cc[cH-]c1. The predicted molar refractivity (Wildman–Crippen MR) is 103 cm³/mol. The van der Waals surface area contributed by atoms with Crippen LogP contribution in [-0.2, 0) is 26.2 Å². The van der Waals surface area contributed by atoms with Crippen LogP contribution in [0.1, 0.15) is 0 Å². The van der Waals surface area contributed by atoms with Gasteiger partial charge >= 0.3 is 122 Å². The van der Waals surface area contributed by atoms with Gasteiger partial charge in [-0.1, -0.05) is 0 Å². The van der Waals surface area contributed by atoms with Crippen molar-refractivity contribution in [2.75, 3.05) is 0 Å². The topological polar surface area (TPSA) is 0 Å². The van der Waals surface area contributed by atoms with Crippen molar-refractivity contribution < 1.29 is 26.2 Å². The molecule has 0 bridgehead atoms. The maximum Gasteiger partial charge on any atom is 4.00 e. The molecule has 0 saturated carbocycles. The molecule has 0 aromatic heterocycles. The Morgan fingerprint density at radius 1 is 0.810 bits per heavy atom. The molecular formula is C18H33Sn2Zr. The van der Waals surface area contributed by atoms with E-state index in [0.29, 0.717) is 0 Å². The Morgan fingerprint density at radius 2 is 1.14 bits per heavy atom. The van der Waals surface area contributed by atoms with E-state index in [9.17, 15) is 0 Å². The van der Waals surface area contributed by atoms with E-state index in [1.165, 1.54) is 0 Å². The van der Waals surface area contributed by atoms with Crippen LogP contribution >= 0.6 is 0 Å². The van der Waals surface area contributed by atoms with Crippen LogP contribution in [0.15, 0.2) is 54.6 Å². The monoisotopic (exact) mass is 579 g/mol. The molecule has 2 aromatic rings. The molecule has 21 heavy (non-hydrogen) atoms. The second kappa shape index (κ2) is 17.5. The smallest absolute Gasteiger partial charge is 0.214 e. The summed E-state index contributed by atoms with van der Waals surface area (Å²) in [4.78, 5) is 14.4. The van der Waals surface area contributed by atoms with Gasteiger partial charge in [-0.25, -0.2) is 12.1 Å². The first kappa shape index (κ1) is 30.1. The van der Waals surface area contributed by atoms with Crippen molar-refractivity contribution >= 4 is 41.7 Å². The zero-order valence-corrected chi connectivity index (χ0v) is 23.4. The molecule has 0 fully saturated rings. The molecule has 1 radical (unpaired) electrons. The molecule has 2 rings (SSSR count). The first-order chi connectivity index (χ1) is 8.34. The molecule has 0 saturated heterocycles. The number of hydrogen-bond acceptors (Lipinski definition) is 0. The van der Waals surface area contributed by atoms with E-state index in [0.717, 1.165) is 0 Å². The van der Waals surface area contributed by atoms with Crippen molar-refractivity contribution in [2.24, 2.45) is 0 Å². The minimum Gasteiger partial charge on any atom is -0.214 e. The third-order valence-corrected chi connectivity index (χ3v) is 7.98. The summed E-state index contributed by atoms with van der Waals surface area (Å²) in [5.74, 6) is 0. The predicted octanol–water partition coefficient (Wildman–Crippen LogP) is 5.62. The van der Waals surface area contributed by atoms with Gasteiger partial charge in [-0.05, 0) is 0 Å². The average Bonchev–Trinajstić information content (AvgIpc) is 2.93. The van der Waals surface area contributed by atoms with Crippen LogP contribution in [0.2, 0.25) is 29.6 Å². The van der Waals surface area contributed by atoms with E-state index < -0.39 is 38.1 Å². The first-order valence-electron chi connectivity index (χ1n) is 6.49. The molecule has 0 aliphatic carbocycles. The van der Waals surface area contributed by atoms with Gasteiger partial charge in [0.05, 0.1) is 0 Å². The van der Waals surface area contributed by atoms with Gasteiger partial charge in [-0.2, -0.15) is 18.2 Å². The first-order valence-corrected chi connectivity index (χ1v) is 25.0. The standard InChI is InChI=1S/C5H5.C5H4.8CH3.2Sn.Zr/c2*1-2-4-5-3-1;;;;;;;;;;;/h1-5H;1-4H;8*1H3;;;/q2*-1;;;;;;;2*-1;;;+4. The summed E-state index contributed by atoms with van der Waals surface area (Å²) < 4.78 is 1.63. The zero-order valence-electron chi connectivity index (χ0n) is 15.2. The van der Waals surface area contributed by atoms with Gasteiger partial charge in [-0.15, -0.1) is 0 Å². The van der Waals surface area contributed by atoms with Gasteiger partial charge in [0, 0.05) is 0 Å². The van der Waals surface area contributed by atoms with Crippen LogP contribution in [0.4, 0.5) is 0 Å². The summed E-state index contributed by atoms with van der Waals surface area (Å²) in [6, 6.07) is 18.8. The normalized spacial score (nSPS) is 8.71. The van der Waals surface area contributed by atoms with Gasteiger partial charge in [0.1, 0.15) is 0 Å². The average molecular weight is 578 g/mol. The van der Waals surface area contributed by atoms with Crippen LogP contribution in [0.25, 0.3) is 0 Å². The van der Waals surface area contributed by atoms with Crippen molar-refractivity contribution in [3.8, 4) is 0 Å². The molecule has 0 amide bonds. The van der Waals surface area contributed by atoms with Gasteiger partial charge < -0.3 is 14.9 Å². The minimum atomic E-state index is -1.65. The van der Waals surface area contributed by atoms with Crippen LogP contribution in [-0.4, -0.2) is 38.1 Å². The molecule has 0 unspecified atom stereocenters. The second-order valence-electron chi connectivity index (χ2n) is 5.89. The Bertz CT molecular complexity index is 336. The molecule has 117 valence electrons. The van der Waals surface area contributed by atoms with Gasteiger partial charge in [0.2, 0.25) is 0 Å². The van der Waals surface area contributed by atoms with Crippen molar-refractivity contribution in [3.05, 3.63) is 69.5 Å². The third kappa shape index (κ3) is 21.2. The molecule has 3 heteroatoms. The molecule has 0 aliphatic rings. The third-order valence-electron chi connectivity index (χ3n) is 2.08. The van der Waals surface area contributed by atoms with Crippen molar-refractivity contribution in [3.63, 3.8) is 0 Å². The van der Waals surface area contributed by atoms with E-state index >= 15 is 0 Å². The molecule has 0 heterocycles. The van der Waals surface area contributed by atoms with E-state index in [1.54, 1.807) is 3.58 Å². The van der Waals surface area contributed by atoms with Gasteiger partial charge in [0.25, 0.3) is 0 Å².